The minimum absolute atomic E-state index is 1.09. The molecular formula is C14H19. The van der Waals surface area contributed by atoms with Crippen LogP contribution in [0.5, 0.6) is 0 Å². The molecule has 0 heterocycles. The summed E-state index contributed by atoms with van der Waals surface area (Å²) in [6, 6.07) is 10.4. The lowest BCUT2D eigenvalue weighted by molar-refractivity contribution is 0.771. The molecule has 0 aliphatic rings. The summed E-state index contributed by atoms with van der Waals surface area (Å²) in [6.45, 7) is 2.23. The summed E-state index contributed by atoms with van der Waals surface area (Å²) >= 11 is 0. The maximum atomic E-state index is 2.35. The van der Waals surface area contributed by atoms with Crippen molar-refractivity contribution in [3.05, 3.63) is 48.4 Å². The summed E-state index contributed by atoms with van der Waals surface area (Å²) in [7, 11) is 0. The molecule has 0 atom stereocenters. The normalized spacial score (nSPS) is 10.9. The van der Waals surface area contributed by atoms with Gasteiger partial charge in [-0.15, -0.1) is 0 Å². The van der Waals surface area contributed by atoms with Gasteiger partial charge in [0.1, 0.15) is 0 Å². The van der Waals surface area contributed by atoms with E-state index >= 15 is 0 Å². The lowest BCUT2D eigenvalue weighted by Crippen LogP contribution is -1.75. The van der Waals surface area contributed by atoms with Gasteiger partial charge in [-0.05, 0) is 24.8 Å². The van der Waals surface area contributed by atoms with E-state index < -0.39 is 0 Å². The Balaban J connectivity index is 2.15. The summed E-state index contributed by atoms with van der Waals surface area (Å²) in [6.07, 6.45) is 11.7. The predicted octanol–water partition coefficient (Wildman–Crippen LogP) is 4.48. The molecule has 1 rings (SSSR count). The number of hydrogen-bond donors (Lipinski definition) is 0. The van der Waals surface area contributed by atoms with Gasteiger partial charge in [-0.2, -0.15) is 0 Å². The van der Waals surface area contributed by atoms with Gasteiger partial charge in [0, 0.05) is 0 Å². The van der Waals surface area contributed by atoms with Crippen LogP contribution < -0.4 is 0 Å². The molecule has 0 N–H and O–H groups in total. The fourth-order valence-electron chi connectivity index (χ4n) is 1.33. The molecule has 0 nitrogen and oxygen atoms in total. The van der Waals surface area contributed by atoms with Crippen LogP contribution in [0.15, 0.2) is 36.4 Å². The van der Waals surface area contributed by atoms with Gasteiger partial charge in [-0.1, -0.05) is 62.2 Å². The van der Waals surface area contributed by atoms with Crippen molar-refractivity contribution in [3.8, 4) is 0 Å². The molecule has 1 aromatic rings. The highest BCUT2D eigenvalue weighted by atomic mass is 13.9. The molecule has 0 spiro atoms. The van der Waals surface area contributed by atoms with E-state index in [-0.39, 0.29) is 0 Å². The summed E-state index contributed by atoms with van der Waals surface area (Å²) in [5.74, 6) is 0. The minimum Gasteiger partial charge on any atom is -0.0837 e. The summed E-state index contributed by atoms with van der Waals surface area (Å²) < 4.78 is 0. The Morgan fingerprint density at radius 2 is 1.93 bits per heavy atom. The third-order valence-electron chi connectivity index (χ3n) is 2.17. The number of allylic oxidation sites excluding steroid dienone is 1. The van der Waals surface area contributed by atoms with E-state index in [1.807, 2.05) is 6.07 Å². The van der Waals surface area contributed by atoms with Crippen LogP contribution in [0.4, 0.5) is 0 Å². The van der Waals surface area contributed by atoms with Crippen LogP contribution in [-0.4, -0.2) is 0 Å². The Morgan fingerprint density at radius 3 is 2.64 bits per heavy atom. The van der Waals surface area contributed by atoms with E-state index in [2.05, 4.69) is 49.8 Å². The lowest BCUT2D eigenvalue weighted by Gasteiger charge is -1.94. The molecule has 0 saturated carbocycles. The van der Waals surface area contributed by atoms with Gasteiger partial charge in [-0.25, -0.2) is 0 Å². The smallest absolute Gasteiger partial charge is 0.0260 e. The van der Waals surface area contributed by atoms with Gasteiger partial charge in [0.05, 0.1) is 0 Å². The Kier molecular flexibility index (Phi) is 5.81. The Labute approximate surface area is 87.7 Å². The molecule has 0 bridgehead atoms. The van der Waals surface area contributed by atoms with Crippen molar-refractivity contribution in [2.45, 2.75) is 32.6 Å². The van der Waals surface area contributed by atoms with Crippen molar-refractivity contribution < 1.29 is 0 Å². The molecule has 0 fully saturated rings. The SMILES string of the molecule is CCCC[CH]CC=Cc1ccccc1. The Morgan fingerprint density at radius 1 is 1.14 bits per heavy atom. The summed E-state index contributed by atoms with van der Waals surface area (Å²) in [4.78, 5) is 0. The second-order valence-corrected chi connectivity index (χ2v) is 3.48. The maximum absolute atomic E-state index is 2.35. The van der Waals surface area contributed by atoms with E-state index in [1.54, 1.807) is 0 Å². The van der Waals surface area contributed by atoms with Gasteiger partial charge < -0.3 is 0 Å². The van der Waals surface area contributed by atoms with Crippen molar-refractivity contribution in [2.75, 3.05) is 0 Å². The van der Waals surface area contributed by atoms with Gasteiger partial charge in [0.25, 0.3) is 0 Å². The topological polar surface area (TPSA) is 0 Å². The second kappa shape index (κ2) is 7.37. The van der Waals surface area contributed by atoms with Crippen molar-refractivity contribution in [1.29, 1.82) is 0 Å². The van der Waals surface area contributed by atoms with Crippen LogP contribution in [0.1, 0.15) is 38.2 Å². The number of hydrogen-bond acceptors (Lipinski definition) is 0. The average Bonchev–Trinajstić information content (AvgIpc) is 2.25. The van der Waals surface area contributed by atoms with Gasteiger partial charge in [0.15, 0.2) is 0 Å². The first-order valence-corrected chi connectivity index (χ1v) is 5.46. The highest BCUT2D eigenvalue weighted by molar-refractivity contribution is 5.48. The first-order chi connectivity index (χ1) is 6.93. The number of benzene rings is 1. The lowest BCUT2D eigenvalue weighted by atomic mass is 10.1. The van der Waals surface area contributed by atoms with Gasteiger partial charge in [-0.3, -0.25) is 0 Å². The number of unbranched alkanes of at least 4 members (excludes halogenated alkanes) is 4. The largest absolute Gasteiger partial charge is 0.0837 e. The highest BCUT2D eigenvalue weighted by Gasteiger charge is 1.85. The highest BCUT2D eigenvalue weighted by Crippen LogP contribution is 2.05. The van der Waals surface area contributed by atoms with E-state index in [0.717, 1.165) is 6.42 Å². The average molecular weight is 187 g/mol. The summed E-state index contributed by atoms with van der Waals surface area (Å²) in [5, 5.41) is 0. The van der Waals surface area contributed by atoms with Gasteiger partial charge in [0.2, 0.25) is 0 Å². The Bertz CT molecular complexity index is 246. The van der Waals surface area contributed by atoms with Crippen molar-refractivity contribution in [3.63, 3.8) is 0 Å². The van der Waals surface area contributed by atoms with Gasteiger partial charge >= 0.3 is 0 Å². The van der Waals surface area contributed by atoms with Crippen LogP contribution in [0.3, 0.4) is 0 Å². The fourth-order valence-corrected chi connectivity index (χ4v) is 1.33. The minimum atomic E-state index is 1.09. The molecule has 0 unspecified atom stereocenters. The van der Waals surface area contributed by atoms with Crippen LogP contribution >= 0.6 is 0 Å². The Hall–Kier alpha value is -1.04. The standard InChI is InChI=1S/C14H19/c1-2-3-4-5-6-8-11-14-12-9-7-10-13-14/h5,7-13H,2-4,6H2,1H3. The van der Waals surface area contributed by atoms with Crippen LogP contribution in [0.25, 0.3) is 6.08 Å². The second-order valence-electron chi connectivity index (χ2n) is 3.48. The first kappa shape index (κ1) is 11.0. The third kappa shape index (κ3) is 4.86. The molecule has 75 valence electrons. The van der Waals surface area contributed by atoms with Crippen LogP contribution in [0.2, 0.25) is 0 Å². The molecule has 0 amide bonds. The van der Waals surface area contributed by atoms with E-state index in [0.29, 0.717) is 0 Å². The molecule has 0 heteroatoms. The van der Waals surface area contributed by atoms with Crippen molar-refractivity contribution >= 4 is 6.08 Å². The molecule has 0 saturated heterocycles. The fraction of sp³-hybridized carbons (Fsp3) is 0.357. The monoisotopic (exact) mass is 187 g/mol. The number of rotatable bonds is 6. The third-order valence-corrected chi connectivity index (χ3v) is 2.17. The zero-order valence-corrected chi connectivity index (χ0v) is 8.95. The molecular weight excluding hydrogens is 168 g/mol. The zero-order valence-electron chi connectivity index (χ0n) is 8.95. The molecule has 0 aliphatic carbocycles. The molecule has 14 heavy (non-hydrogen) atoms. The first-order valence-electron chi connectivity index (χ1n) is 5.46. The van der Waals surface area contributed by atoms with E-state index in [4.69, 9.17) is 0 Å². The van der Waals surface area contributed by atoms with Crippen molar-refractivity contribution in [1.82, 2.24) is 0 Å². The summed E-state index contributed by atoms with van der Waals surface area (Å²) in [5.41, 5.74) is 1.29. The maximum Gasteiger partial charge on any atom is -0.0260 e. The van der Waals surface area contributed by atoms with Crippen molar-refractivity contribution in [2.24, 2.45) is 0 Å². The van der Waals surface area contributed by atoms with E-state index in [9.17, 15) is 0 Å². The van der Waals surface area contributed by atoms with Crippen LogP contribution in [-0.2, 0) is 0 Å². The molecule has 1 radical (unpaired) electrons. The molecule has 1 aromatic carbocycles. The molecule has 0 aromatic heterocycles. The zero-order chi connectivity index (χ0) is 10.1. The predicted molar refractivity (Wildman–Crippen MR) is 63.9 cm³/mol. The molecule has 0 aliphatic heterocycles. The quantitative estimate of drug-likeness (QED) is 0.576. The van der Waals surface area contributed by atoms with Crippen LogP contribution in [0, 0.1) is 6.42 Å². The van der Waals surface area contributed by atoms with E-state index in [1.165, 1.54) is 24.8 Å².